The summed E-state index contributed by atoms with van der Waals surface area (Å²) in [4.78, 5) is 16.9. The standard InChI is InChI=1S/C12H10F3N5OS/c1-19-6-8(9(18-19)12(13,14)15)10(21)16-4-7-5-20-2-3-22-11(20)17-7/h2-3,5-6H,4H2,1H3,(H,16,21). The third kappa shape index (κ3) is 2.69. The predicted octanol–water partition coefficient (Wildman–Crippen LogP) is 2.08. The molecule has 22 heavy (non-hydrogen) atoms. The van der Waals surface area contributed by atoms with Crippen LogP contribution < -0.4 is 5.32 Å². The number of thiazole rings is 1. The van der Waals surface area contributed by atoms with E-state index in [9.17, 15) is 18.0 Å². The van der Waals surface area contributed by atoms with Gasteiger partial charge < -0.3 is 5.32 Å². The fourth-order valence-corrected chi connectivity index (χ4v) is 2.71. The number of imidazole rings is 1. The van der Waals surface area contributed by atoms with Crippen LogP contribution in [-0.4, -0.2) is 25.1 Å². The number of carbonyl (C=O) groups is 1. The second-order valence-corrected chi connectivity index (χ2v) is 5.44. The number of halogens is 3. The highest BCUT2D eigenvalue weighted by Crippen LogP contribution is 2.30. The first-order chi connectivity index (χ1) is 10.3. The summed E-state index contributed by atoms with van der Waals surface area (Å²) in [6.07, 6.45) is -0.115. The van der Waals surface area contributed by atoms with E-state index >= 15 is 0 Å². The van der Waals surface area contributed by atoms with Crippen LogP contribution in [-0.2, 0) is 19.8 Å². The monoisotopic (exact) mass is 329 g/mol. The first-order valence-corrected chi connectivity index (χ1v) is 7.02. The van der Waals surface area contributed by atoms with Crippen LogP contribution in [0.15, 0.2) is 24.0 Å². The number of carbonyl (C=O) groups excluding carboxylic acids is 1. The number of rotatable bonds is 3. The number of nitrogens with one attached hydrogen (secondary N) is 1. The molecule has 0 unspecified atom stereocenters. The third-order valence-corrected chi connectivity index (χ3v) is 3.69. The Kier molecular flexibility index (Phi) is 3.39. The van der Waals surface area contributed by atoms with Crippen molar-refractivity contribution in [2.75, 3.05) is 0 Å². The smallest absolute Gasteiger partial charge is 0.346 e. The molecule has 0 aromatic carbocycles. The largest absolute Gasteiger partial charge is 0.435 e. The number of aromatic nitrogens is 4. The number of nitrogens with zero attached hydrogens (tertiary/aromatic N) is 4. The molecule has 3 rings (SSSR count). The maximum Gasteiger partial charge on any atom is 0.435 e. The number of aryl methyl sites for hydroxylation is 1. The van der Waals surface area contributed by atoms with Crippen LogP contribution in [0, 0.1) is 0 Å². The molecule has 3 aromatic heterocycles. The molecule has 0 aliphatic heterocycles. The van der Waals surface area contributed by atoms with E-state index in [-0.39, 0.29) is 6.54 Å². The molecular formula is C12H10F3N5OS. The van der Waals surface area contributed by atoms with Crippen LogP contribution in [0.25, 0.3) is 4.96 Å². The summed E-state index contributed by atoms with van der Waals surface area (Å²) >= 11 is 1.42. The summed E-state index contributed by atoms with van der Waals surface area (Å²) in [5.74, 6) is -0.836. The van der Waals surface area contributed by atoms with E-state index in [1.165, 1.54) is 18.4 Å². The molecule has 1 amide bonds. The molecule has 10 heteroatoms. The molecule has 0 saturated heterocycles. The maximum absolute atomic E-state index is 12.8. The molecule has 1 N–H and O–H groups in total. The molecule has 0 aliphatic carbocycles. The van der Waals surface area contributed by atoms with Gasteiger partial charge in [0.25, 0.3) is 5.91 Å². The first kappa shape index (κ1) is 14.6. The van der Waals surface area contributed by atoms with Crippen molar-refractivity contribution in [3.05, 3.63) is 40.9 Å². The average Bonchev–Trinajstić information content (AvgIpc) is 3.08. The van der Waals surface area contributed by atoms with Crippen LogP contribution >= 0.6 is 11.3 Å². The lowest BCUT2D eigenvalue weighted by Crippen LogP contribution is -2.25. The van der Waals surface area contributed by atoms with Gasteiger partial charge in [0, 0.05) is 31.0 Å². The van der Waals surface area contributed by atoms with Crippen LogP contribution in [0.4, 0.5) is 13.2 Å². The van der Waals surface area contributed by atoms with Gasteiger partial charge in [-0.2, -0.15) is 18.3 Å². The molecule has 6 nitrogen and oxygen atoms in total. The van der Waals surface area contributed by atoms with E-state index in [2.05, 4.69) is 15.4 Å². The average molecular weight is 329 g/mol. The maximum atomic E-state index is 12.8. The molecule has 3 aromatic rings. The lowest BCUT2D eigenvalue weighted by molar-refractivity contribution is -0.141. The Hall–Kier alpha value is -2.36. The Labute approximate surface area is 126 Å². The molecule has 0 fully saturated rings. The first-order valence-electron chi connectivity index (χ1n) is 6.14. The van der Waals surface area contributed by atoms with E-state index in [0.717, 1.165) is 15.8 Å². The van der Waals surface area contributed by atoms with Gasteiger partial charge in [0.2, 0.25) is 0 Å². The summed E-state index contributed by atoms with van der Waals surface area (Å²) in [6, 6.07) is 0. The lowest BCUT2D eigenvalue weighted by Gasteiger charge is -2.06. The van der Waals surface area contributed by atoms with Gasteiger partial charge in [-0.25, -0.2) is 4.98 Å². The SMILES string of the molecule is Cn1cc(C(=O)NCc2cn3ccsc3n2)c(C(F)(F)F)n1. The van der Waals surface area contributed by atoms with E-state index < -0.39 is 23.3 Å². The summed E-state index contributed by atoms with van der Waals surface area (Å²) in [6.45, 7) is 0.0411. The molecule has 0 aliphatic rings. The molecule has 116 valence electrons. The predicted molar refractivity (Wildman–Crippen MR) is 72.4 cm³/mol. The number of alkyl halides is 3. The number of hydrogen-bond donors (Lipinski definition) is 1. The van der Waals surface area contributed by atoms with Gasteiger partial charge in [-0.1, -0.05) is 0 Å². The van der Waals surface area contributed by atoms with Gasteiger partial charge in [0.05, 0.1) is 17.8 Å². The van der Waals surface area contributed by atoms with Crippen LogP contribution in [0.1, 0.15) is 21.7 Å². The van der Waals surface area contributed by atoms with Crippen molar-refractivity contribution in [3.63, 3.8) is 0 Å². The van der Waals surface area contributed by atoms with E-state index in [0.29, 0.717) is 5.69 Å². The Morgan fingerprint density at radius 2 is 2.18 bits per heavy atom. The van der Waals surface area contributed by atoms with Gasteiger partial charge in [0.1, 0.15) is 0 Å². The third-order valence-electron chi connectivity index (χ3n) is 2.92. The van der Waals surface area contributed by atoms with Gasteiger partial charge in [-0.3, -0.25) is 13.9 Å². The minimum Gasteiger partial charge on any atom is -0.346 e. The normalized spacial score (nSPS) is 12.0. The van der Waals surface area contributed by atoms with Crippen molar-refractivity contribution in [1.82, 2.24) is 24.5 Å². The van der Waals surface area contributed by atoms with Gasteiger partial charge in [0.15, 0.2) is 10.7 Å². The Bertz CT molecular complexity index is 803. The van der Waals surface area contributed by atoms with Crippen LogP contribution in [0.3, 0.4) is 0 Å². The number of fused-ring (bicyclic) bond motifs is 1. The minimum absolute atomic E-state index is 0.0411. The Morgan fingerprint density at radius 1 is 1.41 bits per heavy atom. The fourth-order valence-electron chi connectivity index (χ4n) is 1.99. The highest BCUT2D eigenvalue weighted by Gasteiger charge is 2.38. The zero-order chi connectivity index (χ0) is 15.9. The highest BCUT2D eigenvalue weighted by atomic mass is 32.1. The summed E-state index contributed by atoms with van der Waals surface area (Å²) in [7, 11) is 1.33. The van der Waals surface area contributed by atoms with Crippen molar-refractivity contribution in [2.45, 2.75) is 12.7 Å². The minimum atomic E-state index is -4.68. The highest BCUT2D eigenvalue weighted by molar-refractivity contribution is 7.15. The van der Waals surface area contributed by atoms with E-state index in [4.69, 9.17) is 0 Å². The topological polar surface area (TPSA) is 64.2 Å². The van der Waals surface area contributed by atoms with Crippen molar-refractivity contribution < 1.29 is 18.0 Å². The molecule has 0 spiro atoms. The van der Waals surface area contributed by atoms with Crippen molar-refractivity contribution in [3.8, 4) is 0 Å². The van der Waals surface area contributed by atoms with Crippen molar-refractivity contribution in [1.29, 1.82) is 0 Å². The quantitative estimate of drug-likeness (QED) is 0.800. The Morgan fingerprint density at radius 3 is 2.86 bits per heavy atom. The molecule has 0 atom stereocenters. The van der Waals surface area contributed by atoms with Crippen LogP contribution in [0.5, 0.6) is 0 Å². The molecule has 0 saturated carbocycles. The zero-order valence-corrected chi connectivity index (χ0v) is 12.1. The lowest BCUT2D eigenvalue weighted by atomic mass is 10.2. The van der Waals surface area contributed by atoms with Crippen molar-refractivity contribution >= 4 is 22.2 Å². The van der Waals surface area contributed by atoms with E-state index in [1.807, 2.05) is 5.38 Å². The van der Waals surface area contributed by atoms with Gasteiger partial charge in [-0.05, 0) is 0 Å². The summed E-state index contributed by atoms with van der Waals surface area (Å²) in [5.41, 5.74) is -1.13. The Balaban J connectivity index is 1.76. The van der Waals surface area contributed by atoms with Crippen LogP contribution in [0.2, 0.25) is 0 Å². The zero-order valence-electron chi connectivity index (χ0n) is 11.3. The fraction of sp³-hybridized carbons (Fsp3) is 0.250. The molecule has 0 radical (unpaired) electrons. The van der Waals surface area contributed by atoms with Gasteiger partial charge >= 0.3 is 6.18 Å². The van der Waals surface area contributed by atoms with Gasteiger partial charge in [-0.15, -0.1) is 11.3 Å². The molecule has 3 heterocycles. The second kappa shape index (κ2) is 5.13. The number of hydrogen-bond acceptors (Lipinski definition) is 4. The van der Waals surface area contributed by atoms with E-state index in [1.54, 1.807) is 16.8 Å². The molecule has 0 bridgehead atoms. The molecular weight excluding hydrogens is 319 g/mol. The summed E-state index contributed by atoms with van der Waals surface area (Å²) < 4.78 is 41.2. The van der Waals surface area contributed by atoms with Crippen molar-refractivity contribution in [2.24, 2.45) is 7.05 Å². The summed E-state index contributed by atoms with van der Waals surface area (Å²) in [5, 5.41) is 7.58. The number of amides is 1. The second-order valence-electron chi connectivity index (χ2n) is 4.57.